The summed E-state index contributed by atoms with van der Waals surface area (Å²) in [6.45, 7) is 1.85. The highest BCUT2D eigenvalue weighted by atomic mass is 35.5. The molecule has 1 N–H and O–H groups in total. The number of hydrogen-bond acceptors (Lipinski definition) is 5. The molecule has 0 atom stereocenters. The first-order chi connectivity index (χ1) is 12.9. The summed E-state index contributed by atoms with van der Waals surface area (Å²) in [6, 6.07) is 14.4. The maximum Gasteiger partial charge on any atom is 0.271 e. The van der Waals surface area contributed by atoms with E-state index in [2.05, 4.69) is 10.5 Å². The molecule has 0 aliphatic heterocycles. The number of nitro benzene ring substituents is 1. The Morgan fingerprint density at radius 3 is 2.59 bits per heavy atom. The number of carbonyl (C=O) groups excluding carboxylic acids is 1. The minimum atomic E-state index is -0.464. The van der Waals surface area contributed by atoms with E-state index in [1.54, 1.807) is 42.5 Å². The minimum absolute atomic E-state index is 0.00557. The largest absolute Gasteiger partial charge is 0.455 e. The fourth-order valence-electron chi connectivity index (χ4n) is 2.28. The predicted octanol–water partition coefficient (Wildman–Crippen LogP) is 4.58. The zero-order valence-corrected chi connectivity index (χ0v) is 14.9. The number of nitrogens with one attached hydrogen (secondary N) is 1. The Balaban J connectivity index is 1.65. The Labute approximate surface area is 159 Å². The first-order valence-electron chi connectivity index (χ1n) is 7.88. The highest BCUT2D eigenvalue weighted by Crippen LogP contribution is 2.24. The third-order valence-corrected chi connectivity index (χ3v) is 4.19. The van der Waals surface area contributed by atoms with Gasteiger partial charge >= 0.3 is 0 Å². The quantitative estimate of drug-likeness (QED) is 0.396. The molecule has 27 heavy (non-hydrogen) atoms. The van der Waals surface area contributed by atoms with E-state index in [9.17, 15) is 14.9 Å². The van der Waals surface area contributed by atoms with Crippen LogP contribution in [0, 0.1) is 17.0 Å². The Kier molecular flexibility index (Phi) is 5.33. The van der Waals surface area contributed by atoms with Gasteiger partial charge < -0.3 is 4.42 Å². The molecule has 8 heteroatoms. The molecular weight excluding hydrogens is 370 g/mol. The molecule has 0 saturated heterocycles. The maximum absolute atomic E-state index is 12.0. The highest BCUT2D eigenvalue weighted by Gasteiger charge is 2.09. The lowest BCUT2D eigenvalue weighted by molar-refractivity contribution is -0.384. The van der Waals surface area contributed by atoms with E-state index in [0.29, 0.717) is 27.7 Å². The van der Waals surface area contributed by atoms with Crippen LogP contribution in [-0.4, -0.2) is 17.0 Å². The molecular formula is C19H14ClN3O4. The first kappa shape index (κ1) is 18.3. The summed E-state index contributed by atoms with van der Waals surface area (Å²) in [7, 11) is 0. The van der Waals surface area contributed by atoms with Crippen LogP contribution in [0.4, 0.5) is 5.69 Å². The van der Waals surface area contributed by atoms with Crippen LogP contribution >= 0.6 is 11.6 Å². The molecule has 0 unspecified atom stereocenters. The van der Waals surface area contributed by atoms with E-state index in [1.807, 2.05) is 6.92 Å². The third-order valence-electron chi connectivity index (χ3n) is 3.78. The molecule has 1 amide bonds. The molecule has 0 fully saturated rings. The molecule has 0 spiro atoms. The second-order valence-corrected chi connectivity index (χ2v) is 6.08. The molecule has 3 rings (SSSR count). The Morgan fingerprint density at radius 2 is 1.93 bits per heavy atom. The molecule has 1 heterocycles. The fourth-order valence-corrected chi connectivity index (χ4v) is 2.46. The number of halogens is 1. The molecule has 7 nitrogen and oxygen atoms in total. The number of rotatable bonds is 5. The predicted molar refractivity (Wildman–Crippen MR) is 102 cm³/mol. The van der Waals surface area contributed by atoms with Crippen molar-refractivity contribution in [3.8, 4) is 11.3 Å². The summed E-state index contributed by atoms with van der Waals surface area (Å²) in [4.78, 5) is 22.3. The van der Waals surface area contributed by atoms with Crippen molar-refractivity contribution in [1.29, 1.82) is 0 Å². The average molecular weight is 384 g/mol. The Bertz CT molecular complexity index is 1030. The number of benzene rings is 2. The lowest BCUT2D eigenvalue weighted by Gasteiger charge is -2.02. The van der Waals surface area contributed by atoms with E-state index in [4.69, 9.17) is 16.0 Å². The molecule has 0 aliphatic carbocycles. The zero-order chi connectivity index (χ0) is 19.4. The minimum Gasteiger partial charge on any atom is -0.455 e. The van der Waals surface area contributed by atoms with Gasteiger partial charge in [0.2, 0.25) is 0 Å². The van der Waals surface area contributed by atoms with Gasteiger partial charge in [-0.25, -0.2) is 5.43 Å². The van der Waals surface area contributed by atoms with Crippen LogP contribution in [0.25, 0.3) is 11.3 Å². The maximum atomic E-state index is 12.0. The Hall–Kier alpha value is -3.45. The van der Waals surface area contributed by atoms with Crippen molar-refractivity contribution < 1.29 is 14.1 Å². The van der Waals surface area contributed by atoms with E-state index in [1.165, 1.54) is 18.3 Å². The lowest BCUT2D eigenvalue weighted by atomic mass is 10.1. The van der Waals surface area contributed by atoms with Crippen molar-refractivity contribution in [2.24, 2.45) is 5.10 Å². The van der Waals surface area contributed by atoms with Crippen molar-refractivity contribution in [3.05, 3.63) is 86.6 Å². The zero-order valence-electron chi connectivity index (χ0n) is 14.2. The number of non-ortho nitro benzene ring substituents is 1. The normalized spacial score (nSPS) is 10.9. The van der Waals surface area contributed by atoms with Gasteiger partial charge in [-0.2, -0.15) is 5.10 Å². The number of hydrogen-bond donors (Lipinski definition) is 1. The van der Waals surface area contributed by atoms with Crippen molar-refractivity contribution in [2.75, 3.05) is 0 Å². The molecule has 3 aromatic rings. The van der Waals surface area contributed by atoms with Gasteiger partial charge in [0.25, 0.3) is 11.6 Å². The molecule has 136 valence electrons. The molecule has 1 aromatic heterocycles. The van der Waals surface area contributed by atoms with Gasteiger partial charge in [0.05, 0.1) is 11.1 Å². The van der Waals surface area contributed by atoms with Crippen LogP contribution in [0.2, 0.25) is 5.02 Å². The van der Waals surface area contributed by atoms with E-state index in [0.717, 1.165) is 5.56 Å². The monoisotopic (exact) mass is 383 g/mol. The van der Waals surface area contributed by atoms with Crippen molar-refractivity contribution in [3.63, 3.8) is 0 Å². The number of hydrazone groups is 1. The van der Waals surface area contributed by atoms with Gasteiger partial charge in [-0.3, -0.25) is 14.9 Å². The summed E-state index contributed by atoms with van der Waals surface area (Å²) in [6.07, 6.45) is 1.36. The van der Waals surface area contributed by atoms with Crippen LogP contribution in [-0.2, 0) is 0 Å². The van der Waals surface area contributed by atoms with Crippen molar-refractivity contribution in [2.45, 2.75) is 6.92 Å². The fraction of sp³-hybridized carbons (Fsp3) is 0.0526. The van der Waals surface area contributed by atoms with Gasteiger partial charge in [-0.05, 0) is 48.9 Å². The SMILES string of the molecule is Cc1ccc(C(=O)NN=Cc2ccc(-c3ccc([N+](=O)[O-])cc3)o2)cc1Cl. The molecule has 0 radical (unpaired) electrons. The van der Waals surface area contributed by atoms with Crippen molar-refractivity contribution >= 4 is 29.4 Å². The molecule has 0 aliphatic rings. The van der Waals surface area contributed by atoms with E-state index in [-0.39, 0.29) is 5.69 Å². The standard InChI is InChI=1S/C19H14ClN3O4/c1-12-2-3-14(10-17(12)20)19(24)22-21-11-16-8-9-18(27-16)13-4-6-15(7-5-13)23(25)26/h2-11H,1H3,(H,22,24). The molecule has 2 aromatic carbocycles. The summed E-state index contributed by atoms with van der Waals surface area (Å²) in [5.41, 5.74) is 4.38. The second-order valence-electron chi connectivity index (χ2n) is 5.67. The van der Waals surface area contributed by atoms with Gasteiger partial charge in [0.1, 0.15) is 11.5 Å². The average Bonchev–Trinajstić information content (AvgIpc) is 3.13. The third kappa shape index (κ3) is 4.39. The van der Waals surface area contributed by atoms with Crippen LogP contribution in [0.15, 0.2) is 64.1 Å². The van der Waals surface area contributed by atoms with Gasteiger partial charge in [0, 0.05) is 28.3 Å². The molecule has 0 bridgehead atoms. The van der Waals surface area contributed by atoms with E-state index >= 15 is 0 Å². The number of nitrogens with zero attached hydrogens (tertiary/aromatic N) is 2. The first-order valence-corrected chi connectivity index (χ1v) is 8.26. The summed E-state index contributed by atoms with van der Waals surface area (Å²) in [5, 5.41) is 15.1. The van der Waals surface area contributed by atoms with Gasteiger partial charge in [-0.15, -0.1) is 0 Å². The topological polar surface area (TPSA) is 97.7 Å². The summed E-state index contributed by atoms with van der Waals surface area (Å²) < 4.78 is 5.60. The number of aryl methyl sites for hydroxylation is 1. The van der Waals surface area contributed by atoms with Crippen LogP contribution in [0.1, 0.15) is 21.7 Å². The highest BCUT2D eigenvalue weighted by molar-refractivity contribution is 6.31. The summed E-state index contributed by atoms with van der Waals surface area (Å²) in [5.74, 6) is 0.559. The van der Waals surface area contributed by atoms with E-state index < -0.39 is 10.8 Å². The number of furan rings is 1. The van der Waals surface area contributed by atoms with Crippen LogP contribution in [0.3, 0.4) is 0 Å². The second kappa shape index (κ2) is 7.84. The van der Waals surface area contributed by atoms with Gasteiger partial charge in [0.15, 0.2) is 0 Å². The number of amides is 1. The van der Waals surface area contributed by atoms with Crippen molar-refractivity contribution in [1.82, 2.24) is 5.43 Å². The van der Waals surface area contributed by atoms with Crippen LogP contribution < -0.4 is 5.43 Å². The van der Waals surface area contributed by atoms with Crippen LogP contribution in [0.5, 0.6) is 0 Å². The summed E-state index contributed by atoms with van der Waals surface area (Å²) >= 11 is 6.01. The lowest BCUT2D eigenvalue weighted by Crippen LogP contribution is -2.17. The van der Waals surface area contributed by atoms with Gasteiger partial charge in [-0.1, -0.05) is 17.7 Å². The smallest absolute Gasteiger partial charge is 0.271 e. The molecule has 0 saturated carbocycles. The number of carbonyl (C=O) groups is 1. The number of nitro groups is 1. The Morgan fingerprint density at radius 1 is 1.19 bits per heavy atom.